The van der Waals surface area contributed by atoms with Gasteiger partial charge in [0.25, 0.3) is 0 Å². The Hall–Kier alpha value is -5.31. The second-order valence-electron chi connectivity index (χ2n) is 9.70. The molecule has 43 heavy (non-hydrogen) atoms. The topological polar surface area (TPSA) is 108 Å². The number of azo groups is 1. The van der Waals surface area contributed by atoms with Crippen molar-refractivity contribution in [2.45, 2.75) is 32.6 Å². The molecule has 1 heterocycles. The molecule has 9 nitrogen and oxygen atoms in total. The summed E-state index contributed by atoms with van der Waals surface area (Å²) in [6, 6.07) is 28.4. The standard InChI is InChI=1S/C34H32N4O5/c1-3-4-5-6-23-41-30-21-15-28(16-22-30)36-35-27-13-7-26(8-14-27)34(39)42-31-19-11-25(12-20-31)33-38-37-32(43-33)24-9-17-29(40-2)18-10-24/h7-22H,3-6,23H2,1-2H3. The molecule has 0 aliphatic rings. The van der Waals surface area contributed by atoms with E-state index in [1.807, 2.05) is 48.5 Å². The number of ether oxygens (including phenoxy) is 3. The van der Waals surface area contributed by atoms with Gasteiger partial charge in [-0.2, -0.15) is 10.2 Å². The third kappa shape index (κ3) is 8.13. The molecule has 0 saturated carbocycles. The Morgan fingerprint density at radius 1 is 0.674 bits per heavy atom. The lowest BCUT2D eigenvalue weighted by Crippen LogP contribution is -2.07. The minimum Gasteiger partial charge on any atom is -0.497 e. The van der Waals surface area contributed by atoms with Gasteiger partial charge in [-0.15, -0.1) is 10.2 Å². The second kappa shape index (κ2) is 14.5. The predicted molar refractivity (Wildman–Crippen MR) is 163 cm³/mol. The molecular formula is C34H32N4O5. The monoisotopic (exact) mass is 576 g/mol. The van der Waals surface area contributed by atoms with E-state index in [2.05, 4.69) is 27.3 Å². The van der Waals surface area contributed by atoms with E-state index in [0.29, 0.717) is 46.6 Å². The zero-order chi connectivity index (χ0) is 29.9. The molecule has 0 radical (unpaired) electrons. The smallest absolute Gasteiger partial charge is 0.343 e. The van der Waals surface area contributed by atoms with Crippen LogP contribution in [0.25, 0.3) is 22.9 Å². The summed E-state index contributed by atoms with van der Waals surface area (Å²) in [5, 5.41) is 16.8. The zero-order valence-electron chi connectivity index (χ0n) is 24.1. The SMILES string of the molecule is CCCCCCOc1ccc(N=Nc2ccc(C(=O)Oc3ccc(-c4nnc(-c5ccc(OC)cc5)o4)cc3)cc2)cc1. The number of esters is 1. The van der Waals surface area contributed by atoms with Crippen LogP contribution in [0.5, 0.6) is 17.2 Å². The fraction of sp³-hybridized carbons (Fsp3) is 0.206. The summed E-state index contributed by atoms with van der Waals surface area (Å²) in [5.41, 5.74) is 3.20. The molecule has 0 N–H and O–H groups in total. The van der Waals surface area contributed by atoms with Crippen molar-refractivity contribution >= 4 is 17.3 Å². The van der Waals surface area contributed by atoms with E-state index in [1.54, 1.807) is 55.6 Å². The number of benzene rings is 4. The Labute approximate surface area is 250 Å². The Morgan fingerprint density at radius 2 is 1.21 bits per heavy atom. The van der Waals surface area contributed by atoms with Gasteiger partial charge in [-0.25, -0.2) is 4.79 Å². The molecule has 5 rings (SSSR count). The van der Waals surface area contributed by atoms with E-state index in [0.717, 1.165) is 23.5 Å². The lowest BCUT2D eigenvalue weighted by atomic mass is 10.2. The van der Waals surface area contributed by atoms with Gasteiger partial charge < -0.3 is 18.6 Å². The lowest BCUT2D eigenvalue weighted by molar-refractivity contribution is 0.0735. The van der Waals surface area contributed by atoms with E-state index in [-0.39, 0.29) is 0 Å². The number of hydrogen-bond donors (Lipinski definition) is 0. The van der Waals surface area contributed by atoms with E-state index in [1.165, 1.54) is 19.3 Å². The fourth-order valence-corrected chi connectivity index (χ4v) is 4.13. The van der Waals surface area contributed by atoms with Crippen molar-refractivity contribution in [3.63, 3.8) is 0 Å². The number of carbonyl (C=O) groups excluding carboxylic acids is 1. The summed E-state index contributed by atoms with van der Waals surface area (Å²) in [5.74, 6) is 2.22. The van der Waals surface area contributed by atoms with Gasteiger partial charge >= 0.3 is 5.97 Å². The first-order chi connectivity index (χ1) is 21.1. The molecule has 0 aliphatic heterocycles. The van der Waals surface area contributed by atoms with Crippen LogP contribution in [0.3, 0.4) is 0 Å². The molecule has 9 heteroatoms. The minimum atomic E-state index is -0.485. The number of hydrogen-bond acceptors (Lipinski definition) is 9. The molecule has 1 aromatic heterocycles. The number of methoxy groups -OCH3 is 1. The molecule has 0 spiro atoms. The van der Waals surface area contributed by atoms with Gasteiger partial charge in [0.15, 0.2) is 0 Å². The zero-order valence-corrected chi connectivity index (χ0v) is 24.1. The first-order valence-electron chi connectivity index (χ1n) is 14.2. The molecule has 218 valence electrons. The van der Waals surface area contributed by atoms with Crippen LogP contribution in [-0.4, -0.2) is 29.9 Å². The summed E-state index contributed by atoms with van der Waals surface area (Å²) >= 11 is 0. The van der Waals surface area contributed by atoms with Gasteiger partial charge in [0.05, 0.1) is 30.7 Å². The van der Waals surface area contributed by atoms with Crippen molar-refractivity contribution in [1.82, 2.24) is 10.2 Å². The van der Waals surface area contributed by atoms with Crippen molar-refractivity contribution in [2.75, 3.05) is 13.7 Å². The van der Waals surface area contributed by atoms with Crippen LogP contribution >= 0.6 is 0 Å². The molecule has 0 bridgehead atoms. The largest absolute Gasteiger partial charge is 0.497 e. The van der Waals surface area contributed by atoms with Crippen LogP contribution in [-0.2, 0) is 0 Å². The number of rotatable bonds is 13. The first-order valence-corrected chi connectivity index (χ1v) is 14.2. The lowest BCUT2D eigenvalue weighted by Gasteiger charge is -2.06. The maximum atomic E-state index is 12.7. The summed E-state index contributed by atoms with van der Waals surface area (Å²) < 4.78 is 22.3. The Kier molecular flexibility index (Phi) is 9.87. The van der Waals surface area contributed by atoms with E-state index in [4.69, 9.17) is 18.6 Å². The minimum absolute atomic E-state index is 0.357. The molecule has 0 unspecified atom stereocenters. The fourth-order valence-electron chi connectivity index (χ4n) is 4.13. The Bertz CT molecular complexity index is 1630. The molecule has 0 atom stereocenters. The van der Waals surface area contributed by atoms with Crippen LogP contribution in [0.2, 0.25) is 0 Å². The molecular weight excluding hydrogens is 544 g/mol. The number of unbranched alkanes of at least 4 members (excludes halogenated alkanes) is 3. The van der Waals surface area contributed by atoms with Crippen molar-refractivity contribution in [2.24, 2.45) is 10.2 Å². The van der Waals surface area contributed by atoms with E-state index in [9.17, 15) is 4.79 Å². The molecule has 0 aliphatic carbocycles. The molecule has 0 amide bonds. The number of nitrogens with zero attached hydrogens (tertiary/aromatic N) is 4. The normalized spacial score (nSPS) is 11.0. The Morgan fingerprint density at radius 3 is 1.77 bits per heavy atom. The average Bonchev–Trinajstić information content (AvgIpc) is 3.55. The van der Waals surface area contributed by atoms with Gasteiger partial charge in [-0.1, -0.05) is 26.2 Å². The van der Waals surface area contributed by atoms with Crippen LogP contribution in [0.4, 0.5) is 11.4 Å². The summed E-state index contributed by atoms with van der Waals surface area (Å²) in [7, 11) is 1.61. The highest BCUT2D eigenvalue weighted by molar-refractivity contribution is 5.91. The van der Waals surface area contributed by atoms with E-state index < -0.39 is 5.97 Å². The molecule has 0 saturated heterocycles. The second-order valence-corrected chi connectivity index (χ2v) is 9.70. The molecule has 4 aromatic carbocycles. The quantitative estimate of drug-likeness (QED) is 0.0595. The number of carbonyl (C=O) groups is 1. The van der Waals surface area contributed by atoms with E-state index >= 15 is 0 Å². The van der Waals surface area contributed by atoms with Gasteiger partial charge in [0.1, 0.15) is 17.2 Å². The van der Waals surface area contributed by atoms with Crippen LogP contribution < -0.4 is 14.2 Å². The van der Waals surface area contributed by atoms with Gasteiger partial charge in [0, 0.05) is 11.1 Å². The highest BCUT2D eigenvalue weighted by Crippen LogP contribution is 2.27. The highest BCUT2D eigenvalue weighted by Gasteiger charge is 2.13. The average molecular weight is 577 g/mol. The summed E-state index contributed by atoms with van der Waals surface area (Å²) in [6.45, 7) is 2.91. The van der Waals surface area contributed by atoms with Crippen LogP contribution in [0.15, 0.2) is 112 Å². The van der Waals surface area contributed by atoms with Crippen molar-refractivity contribution in [3.8, 4) is 40.2 Å². The third-order valence-electron chi connectivity index (χ3n) is 6.56. The van der Waals surface area contributed by atoms with Crippen LogP contribution in [0.1, 0.15) is 43.0 Å². The van der Waals surface area contributed by atoms with Crippen molar-refractivity contribution in [3.05, 3.63) is 103 Å². The summed E-state index contributed by atoms with van der Waals surface area (Å²) in [6.07, 6.45) is 4.68. The number of aromatic nitrogens is 2. The maximum absolute atomic E-state index is 12.7. The summed E-state index contributed by atoms with van der Waals surface area (Å²) in [4.78, 5) is 12.7. The van der Waals surface area contributed by atoms with Crippen LogP contribution in [0, 0.1) is 0 Å². The molecule has 5 aromatic rings. The third-order valence-corrected chi connectivity index (χ3v) is 6.56. The molecule has 0 fully saturated rings. The first kappa shape index (κ1) is 29.2. The maximum Gasteiger partial charge on any atom is 0.343 e. The highest BCUT2D eigenvalue weighted by atomic mass is 16.5. The van der Waals surface area contributed by atoms with Crippen molar-refractivity contribution < 1.29 is 23.4 Å². The van der Waals surface area contributed by atoms with Crippen molar-refractivity contribution in [1.29, 1.82) is 0 Å². The Balaban J connectivity index is 1.12. The van der Waals surface area contributed by atoms with Gasteiger partial charge in [-0.05, 0) is 103 Å². The van der Waals surface area contributed by atoms with Gasteiger partial charge in [-0.3, -0.25) is 0 Å². The van der Waals surface area contributed by atoms with Gasteiger partial charge in [0.2, 0.25) is 11.8 Å². The predicted octanol–water partition coefficient (Wildman–Crippen LogP) is 9.01.